The molecule has 0 radical (unpaired) electrons. The van der Waals surface area contributed by atoms with Crippen LogP contribution in [0, 0.1) is 0 Å². The van der Waals surface area contributed by atoms with Crippen LogP contribution in [-0.2, 0) is 17.4 Å². The highest BCUT2D eigenvalue weighted by Crippen LogP contribution is 2.09. The van der Waals surface area contributed by atoms with Crippen LogP contribution in [0.15, 0.2) is 59.5 Å². The van der Waals surface area contributed by atoms with Crippen LogP contribution < -0.4 is 5.14 Å². The third kappa shape index (κ3) is 5.33. The molecule has 1 aromatic carbocycles. The van der Waals surface area contributed by atoms with Crippen molar-refractivity contribution in [3.8, 4) is 0 Å². The molecule has 1 atom stereocenters. The Kier molecular flexibility index (Phi) is 6.55. The van der Waals surface area contributed by atoms with Crippen LogP contribution in [-0.4, -0.2) is 30.0 Å². The van der Waals surface area contributed by atoms with Crippen LogP contribution >= 0.6 is 0 Å². The number of hydrogen-bond acceptors (Lipinski definition) is 4. The standard InChI is InChI=1S/C17H18N4O3S/c1-2-7-14(25(18)24)10-6-11-21-15(19-16(20-21)17(22)23)12-13-8-4-3-5-9-13/h2-11H,12,18H2,1H3,(H,22,23)/b7-2-,11-6+,14-10+. The average molecular weight is 358 g/mol. The van der Waals surface area contributed by atoms with Crippen molar-refractivity contribution >= 4 is 23.2 Å². The lowest BCUT2D eigenvalue weighted by Gasteiger charge is -2.01. The summed E-state index contributed by atoms with van der Waals surface area (Å²) in [6, 6.07) is 9.53. The van der Waals surface area contributed by atoms with E-state index in [1.165, 1.54) is 4.68 Å². The highest BCUT2D eigenvalue weighted by molar-refractivity contribution is 7.86. The number of benzene rings is 1. The van der Waals surface area contributed by atoms with Crippen molar-refractivity contribution in [3.63, 3.8) is 0 Å². The Labute approximate surface area is 147 Å². The molecule has 2 rings (SSSR count). The lowest BCUT2D eigenvalue weighted by Crippen LogP contribution is -2.03. The van der Waals surface area contributed by atoms with E-state index >= 15 is 0 Å². The number of aromatic carboxylic acids is 1. The predicted molar refractivity (Wildman–Crippen MR) is 96.8 cm³/mol. The van der Waals surface area contributed by atoms with E-state index < -0.39 is 17.0 Å². The fourth-order valence-corrected chi connectivity index (χ4v) is 2.52. The molecule has 0 saturated heterocycles. The van der Waals surface area contributed by atoms with Crippen molar-refractivity contribution in [2.45, 2.75) is 13.3 Å². The summed E-state index contributed by atoms with van der Waals surface area (Å²) in [6.45, 7) is 1.79. The number of aromatic nitrogens is 3. The van der Waals surface area contributed by atoms with E-state index in [0.29, 0.717) is 17.2 Å². The minimum Gasteiger partial charge on any atom is -0.475 e. The molecule has 1 unspecified atom stereocenters. The molecular weight excluding hydrogens is 340 g/mol. The van der Waals surface area contributed by atoms with Crippen LogP contribution in [0.5, 0.6) is 0 Å². The molecule has 0 amide bonds. The molecule has 1 heterocycles. The zero-order valence-corrected chi connectivity index (χ0v) is 14.4. The van der Waals surface area contributed by atoms with Gasteiger partial charge >= 0.3 is 5.97 Å². The Balaban J connectivity index is 2.32. The van der Waals surface area contributed by atoms with Crippen molar-refractivity contribution in [3.05, 3.63) is 76.8 Å². The molecule has 0 aliphatic heterocycles. The summed E-state index contributed by atoms with van der Waals surface area (Å²) in [6.07, 6.45) is 8.51. The summed E-state index contributed by atoms with van der Waals surface area (Å²) in [7, 11) is -1.62. The van der Waals surface area contributed by atoms with Gasteiger partial charge in [0.05, 0.1) is 4.91 Å². The lowest BCUT2D eigenvalue weighted by atomic mass is 10.1. The number of rotatable bonds is 7. The first-order valence-corrected chi connectivity index (χ1v) is 8.62. The van der Waals surface area contributed by atoms with Gasteiger partial charge in [0.1, 0.15) is 16.8 Å². The molecule has 130 valence electrons. The maximum absolute atomic E-state index is 11.4. The zero-order valence-electron chi connectivity index (χ0n) is 13.6. The number of nitrogens with zero attached hydrogens (tertiary/aromatic N) is 3. The van der Waals surface area contributed by atoms with E-state index in [1.54, 1.807) is 37.4 Å². The van der Waals surface area contributed by atoms with E-state index in [2.05, 4.69) is 10.1 Å². The van der Waals surface area contributed by atoms with Crippen LogP contribution in [0.4, 0.5) is 0 Å². The van der Waals surface area contributed by atoms with Crippen LogP contribution in [0.25, 0.3) is 6.20 Å². The second-order valence-electron chi connectivity index (χ2n) is 4.97. The van der Waals surface area contributed by atoms with Gasteiger partial charge in [-0.3, -0.25) is 0 Å². The highest BCUT2D eigenvalue weighted by Gasteiger charge is 2.14. The molecule has 0 aliphatic rings. The van der Waals surface area contributed by atoms with E-state index in [4.69, 9.17) is 10.2 Å². The van der Waals surface area contributed by atoms with E-state index in [0.717, 1.165) is 5.56 Å². The number of allylic oxidation sites excluding steroid dienone is 4. The smallest absolute Gasteiger partial charge is 0.375 e. The van der Waals surface area contributed by atoms with E-state index in [9.17, 15) is 9.00 Å². The van der Waals surface area contributed by atoms with Gasteiger partial charge in [0.15, 0.2) is 0 Å². The molecule has 2 aromatic rings. The minimum atomic E-state index is -1.62. The molecule has 1 aromatic heterocycles. The molecule has 7 nitrogen and oxygen atoms in total. The Bertz CT molecular complexity index is 854. The summed E-state index contributed by atoms with van der Waals surface area (Å²) >= 11 is 0. The van der Waals surface area contributed by atoms with Crippen LogP contribution in [0.3, 0.4) is 0 Å². The number of carboxylic acid groups (broad SMARTS) is 1. The monoisotopic (exact) mass is 358 g/mol. The largest absolute Gasteiger partial charge is 0.475 e. The third-order valence-corrected chi connectivity index (χ3v) is 3.89. The Morgan fingerprint density at radius 3 is 2.68 bits per heavy atom. The van der Waals surface area contributed by atoms with Gasteiger partial charge in [-0.15, -0.1) is 5.10 Å². The molecule has 8 heteroatoms. The SMILES string of the molecule is C\C=C/C(=C\C=C\n1nc(C(=O)O)nc1Cc1ccccc1)S(N)=O. The van der Waals surface area contributed by atoms with Gasteiger partial charge < -0.3 is 5.11 Å². The molecular formula is C17H18N4O3S. The molecule has 25 heavy (non-hydrogen) atoms. The van der Waals surface area contributed by atoms with Crippen molar-refractivity contribution in [1.82, 2.24) is 14.8 Å². The number of hydrogen-bond donors (Lipinski definition) is 2. The molecule has 3 N–H and O–H groups in total. The fourth-order valence-electron chi connectivity index (χ4n) is 2.04. The van der Waals surface area contributed by atoms with E-state index in [1.807, 2.05) is 30.3 Å². The highest BCUT2D eigenvalue weighted by atomic mass is 32.2. The van der Waals surface area contributed by atoms with Crippen LogP contribution in [0.1, 0.15) is 28.9 Å². The van der Waals surface area contributed by atoms with Crippen molar-refractivity contribution < 1.29 is 14.1 Å². The van der Waals surface area contributed by atoms with Gasteiger partial charge in [-0.2, -0.15) is 0 Å². The van der Waals surface area contributed by atoms with E-state index in [-0.39, 0.29) is 5.82 Å². The summed E-state index contributed by atoms with van der Waals surface area (Å²) < 4.78 is 12.8. The minimum absolute atomic E-state index is 0.282. The quantitative estimate of drug-likeness (QED) is 0.737. The number of nitrogens with two attached hydrogens (primary N) is 1. The Morgan fingerprint density at radius 2 is 2.08 bits per heavy atom. The van der Waals surface area contributed by atoms with Crippen molar-refractivity contribution in [1.29, 1.82) is 0 Å². The lowest BCUT2D eigenvalue weighted by molar-refractivity contribution is 0.0683. The first-order valence-electron chi connectivity index (χ1n) is 7.41. The van der Waals surface area contributed by atoms with Gasteiger partial charge in [0.2, 0.25) is 0 Å². The predicted octanol–water partition coefficient (Wildman–Crippen LogP) is 2.12. The van der Waals surface area contributed by atoms with Gasteiger partial charge in [-0.25, -0.2) is 23.8 Å². The summed E-state index contributed by atoms with van der Waals surface area (Å²) in [5.74, 6) is -1.000. The normalized spacial score (nSPS) is 13.6. The first kappa shape index (κ1) is 18.5. The first-order chi connectivity index (χ1) is 12.0. The van der Waals surface area contributed by atoms with Gasteiger partial charge in [0, 0.05) is 12.6 Å². The Morgan fingerprint density at radius 1 is 1.36 bits per heavy atom. The summed E-state index contributed by atoms with van der Waals surface area (Å²) in [5.41, 5.74) is 0.981. The summed E-state index contributed by atoms with van der Waals surface area (Å²) in [5, 5.41) is 18.4. The second-order valence-corrected chi connectivity index (χ2v) is 6.04. The number of carbonyl (C=O) groups is 1. The molecule has 0 saturated carbocycles. The van der Waals surface area contributed by atoms with Crippen molar-refractivity contribution in [2.75, 3.05) is 0 Å². The zero-order chi connectivity index (χ0) is 18.2. The fraction of sp³-hybridized carbons (Fsp3) is 0.118. The molecule has 0 fully saturated rings. The summed E-state index contributed by atoms with van der Waals surface area (Å²) in [4.78, 5) is 15.6. The third-order valence-electron chi connectivity index (χ3n) is 3.15. The van der Waals surface area contributed by atoms with Gasteiger partial charge in [-0.05, 0) is 30.7 Å². The second kappa shape index (κ2) is 8.86. The number of carboxylic acids is 1. The van der Waals surface area contributed by atoms with Gasteiger partial charge in [-0.1, -0.05) is 36.4 Å². The van der Waals surface area contributed by atoms with Gasteiger partial charge in [0.25, 0.3) is 5.82 Å². The maximum atomic E-state index is 11.4. The molecule has 0 spiro atoms. The molecule has 0 bridgehead atoms. The van der Waals surface area contributed by atoms with Crippen LogP contribution in [0.2, 0.25) is 0 Å². The maximum Gasteiger partial charge on any atom is 0.375 e. The van der Waals surface area contributed by atoms with Crippen molar-refractivity contribution in [2.24, 2.45) is 5.14 Å². The Hall–Kier alpha value is -2.84. The topological polar surface area (TPSA) is 111 Å². The molecule has 0 aliphatic carbocycles. The average Bonchev–Trinajstić information content (AvgIpc) is 2.98.